The molecule has 5 nitrogen and oxygen atoms in total. The molecular weight excluding hydrogens is 266 g/mol. The van der Waals surface area contributed by atoms with Crippen molar-refractivity contribution in [3.63, 3.8) is 0 Å². The van der Waals surface area contributed by atoms with Crippen molar-refractivity contribution >= 4 is 24.5 Å². The summed E-state index contributed by atoms with van der Waals surface area (Å²) in [6.07, 6.45) is 0. The van der Waals surface area contributed by atoms with Gasteiger partial charge >= 0.3 is 5.97 Å². The van der Waals surface area contributed by atoms with Crippen molar-refractivity contribution in [3.8, 4) is 5.75 Å². The van der Waals surface area contributed by atoms with Crippen LogP contribution in [0.1, 0.15) is 25.3 Å². The Morgan fingerprint density at radius 3 is 2.21 bits per heavy atom. The van der Waals surface area contributed by atoms with Crippen molar-refractivity contribution in [2.75, 3.05) is 0 Å². The van der Waals surface area contributed by atoms with E-state index in [1.54, 1.807) is 12.1 Å². The van der Waals surface area contributed by atoms with Crippen LogP contribution in [0.3, 0.4) is 0 Å². The normalized spacial score (nSPS) is 15.3. The van der Waals surface area contributed by atoms with Gasteiger partial charge in [0.1, 0.15) is 11.8 Å². The molecule has 19 heavy (non-hydrogen) atoms. The van der Waals surface area contributed by atoms with Gasteiger partial charge in [-0.2, -0.15) is 12.6 Å². The molecule has 0 fully saturated rings. The first-order chi connectivity index (χ1) is 8.82. The van der Waals surface area contributed by atoms with E-state index < -0.39 is 23.2 Å². The van der Waals surface area contributed by atoms with E-state index in [4.69, 9.17) is 5.11 Å². The Labute approximate surface area is 117 Å². The van der Waals surface area contributed by atoms with Crippen LogP contribution >= 0.6 is 12.6 Å². The first-order valence-corrected chi connectivity index (χ1v) is 6.34. The minimum Gasteiger partial charge on any atom is -0.508 e. The third-order valence-electron chi connectivity index (χ3n) is 2.89. The summed E-state index contributed by atoms with van der Waals surface area (Å²) in [6, 6.07) is 5.52. The Morgan fingerprint density at radius 2 is 1.74 bits per heavy atom. The molecule has 0 bridgehead atoms. The third-order valence-corrected chi connectivity index (χ3v) is 3.57. The number of benzene rings is 1. The molecule has 0 spiro atoms. The molecule has 1 rings (SSSR count). The molecule has 1 aromatic carbocycles. The van der Waals surface area contributed by atoms with Crippen LogP contribution in [0.2, 0.25) is 0 Å². The van der Waals surface area contributed by atoms with E-state index in [2.05, 4.69) is 17.9 Å². The fourth-order valence-electron chi connectivity index (χ4n) is 1.55. The first kappa shape index (κ1) is 15.4. The maximum atomic E-state index is 11.8. The Bertz CT molecular complexity index is 460. The molecule has 3 N–H and O–H groups in total. The van der Waals surface area contributed by atoms with E-state index in [0.717, 1.165) is 5.56 Å². The van der Waals surface area contributed by atoms with Crippen LogP contribution in [0, 0.1) is 0 Å². The number of hydrogen-bond acceptors (Lipinski definition) is 4. The van der Waals surface area contributed by atoms with E-state index in [1.165, 1.54) is 19.1 Å². The SMILES string of the molecule is CC(c1ccc(O)cc1)C(S)C(=O)N[C@@H](C)C(=O)O. The average Bonchev–Trinajstić information content (AvgIpc) is 2.37. The zero-order chi connectivity index (χ0) is 14.6. The van der Waals surface area contributed by atoms with Gasteiger partial charge in [0.25, 0.3) is 0 Å². The molecule has 0 aliphatic rings. The van der Waals surface area contributed by atoms with Crippen molar-refractivity contribution < 1.29 is 19.8 Å². The number of thiol groups is 1. The standard InChI is InChI=1S/C13H17NO4S/c1-7(9-3-5-10(15)6-4-9)11(19)12(16)14-8(2)13(17)18/h3-8,11,15,19H,1-2H3,(H,14,16)(H,17,18)/t7?,8-,11?/m0/s1. The maximum absolute atomic E-state index is 11.8. The molecule has 0 aliphatic heterocycles. The highest BCUT2D eigenvalue weighted by atomic mass is 32.1. The van der Waals surface area contributed by atoms with E-state index in [-0.39, 0.29) is 11.7 Å². The van der Waals surface area contributed by atoms with Gasteiger partial charge in [-0.1, -0.05) is 19.1 Å². The zero-order valence-electron chi connectivity index (χ0n) is 10.7. The van der Waals surface area contributed by atoms with E-state index in [1.807, 2.05) is 6.92 Å². The lowest BCUT2D eigenvalue weighted by atomic mass is 9.96. The second kappa shape index (κ2) is 6.47. The minimum absolute atomic E-state index is 0.149. The molecule has 0 saturated carbocycles. The molecular formula is C13H17NO4S. The van der Waals surface area contributed by atoms with Gasteiger partial charge in [-0.25, -0.2) is 0 Å². The fourth-order valence-corrected chi connectivity index (χ4v) is 1.79. The Morgan fingerprint density at radius 1 is 1.21 bits per heavy atom. The zero-order valence-corrected chi connectivity index (χ0v) is 11.6. The number of hydrogen-bond donors (Lipinski definition) is 4. The molecule has 0 aliphatic carbocycles. The van der Waals surface area contributed by atoms with Gasteiger partial charge in [0, 0.05) is 5.92 Å². The van der Waals surface area contributed by atoms with Crippen molar-refractivity contribution in [2.45, 2.75) is 31.1 Å². The highest BCUT2D eigenvalue weighted by Crippen LogP contribution is 2.24. The number of aliphatic carboxylic acids is 1. The Hall–Kier alpha value is -1.69. The van der Waals surface area contributed by atoms with Crippen LogP contribution < -0.4 is 5.32 Å². The summed E-state index contributed by atoms with van der Waals surface area (Å²) in [5.41, 5.74) is 0.843. The van der Waals surface area contributed by atoms with Gasteiger partial charge in [0.2, 0.25) is 5.91 Å². The van der Waals surface area contributed by atoms with Gasteiger partial charge in [-0.05, 0) is 24.6 Å². The number of phenols is 1. The number of carboxylic acid groups (broad SMARTS) is 1. The van der Waals surface area contributed by atoms with Crippen molar-refractivity contribution in [1.82, 2.24) is 5.32 Å². The van der Waals surface area contributed by atoms with Crippen LogP contribution in [0.4, 0.5) is 0 Å². The number of rotatable bonds is 5. The second-order valence-electron chi connectivity index (χ2n) is 4.39. The van der Waals surface area contributed by atoms with Crippen LogP contribution in [0.25, 0.3) is 0 Å². The molecule has 0 aromatic heterocycles. The first-order valence-electron chi connectivity index (χ1n) is 5.83. The molecule has 2 unspecified atom stereocenters. The summed E-state index contributed by atoms with van der Waals surface area (Å²) in [4.78, 5) is 22.5. The van der Waals surface area contributed by atoms with Gasteiger partial charge in [-0.3, -0.25) is 9.59 Å². The molecule has 104 valence electrons. The molecule has 0 heterocycles. The largest absolute Gasteiger partial charge is 0.508 e. The molecule has 0 radical (unpaired) electrons. The van der Waals surface area contributed by atoms with Crippen LogP contribution in [-0.4, -0.2) is 33.4 Å². The summed E-state index contributed by atoms with van der Waals surface area (Å²) in [5.74, 6) is -1.58. The Kier molecular flexibility index (Phi) is 5.23. The highest BCUT2D eigenvalue weighted by molar-refractivity contribution is 7.81. The third kappa shape index (κ3) is 4.17. The lowest BCUT2D eigenvalue weighted by Gasteiger charge is -2.20. The van der Waals surface area contributed by atoms with Gasteiger partial charge in [-0.15, -0.1) is 0 Å². The molecule has 1 amide bonds. The second-order valence-corrected chi connectivity index (χ2v) is 4.95. The van der Waals surface area contributed by atoms with Gasteiger partial charge < -0.3 is 15.5 Å². The van der Waals surface area contributed by atoms with Crippen LogP contribution in [0.15, 0.2) is 24.3 Å². The average molecular weight is 283 g/mol. The number of carboxylic acids is 1. The van der Waals surface area contributed by atoms with Crippen LogP contribution in [0.5, 0.6) is 5.75 Å². The summed E-state index contributed by atoms with van der Waals surface area (Å²) >= 11 is 4.23. The van der Waals surface area contributed by atoms with Crippen LogP contribution in [-0.2, 0) is 9.59 Å². The van der Waals surface area contributed by atoms with E-state index in [0.29, 0.717) is 0 Å². The molecule has 3 atom stereocenters. The summed E-state index contributed by atoms with van der Waals surface area (Å²) in [6.45, 7) is 3.21. The van der Waals surface area contributed by atoms with Gasteiger partial charge in [0.15, 0.2) is 0 Å². The summed E-state index contributed by atoms with van der Waals surface area (Å²) in [7, 11) is 0. The number of nitrogens with one attached hydrogen (secondary N) is 1. The number of carbonyl (C=O) groups is 2. The predicted octanol–water partition coefficient (Wildman–Crippen LogP) is 1.38. The molecule has 6 heteroatoms. The summed E-state index contributed by atoms with van der Waals surface area (Å²) in [5, 5.41) is 19.7. The maximum Gasteiger partial charge on any atom is 0.325 e. The van der Waals surface area contributed by atoms with E-state index >= 15 is 0 Å². The van der Waals surface area contributed by atoms with E-state index in [9.17, 15) is 14.7 Å². The van der Waals surface area contributed by atoms with Crippen molar-refractivity contribution in [3.05, 3.63) is 29.8 Å². The minimum atomic E-state index is -1.09. The van der Waals surface area contributed by atoms with Crippen molar-refractivity contribution in [2.24, 2.45) is 0 Å². The summed E-state index contributed by atoms with van der Waals surface area (Å²) < 4.78 is 0. The lowest BCUT2D eigenvalue weighted by molar-refractivity contribution is -0.141. The Balaban J connectivity index is 2.71. The predicted molar refractivity (Wildman–Crippen MR) is 74.5 cm³/mol. The van der Waals surface area contributed by atoms with Crippen molar-refractivity contribution in [1.29, 1.82) is 0 Å². The highest BCUT2D eigenvalue weighted by Gasteiger charge is 2.25. The smallest absolute Gasteiger partial charge is 0.325 e. The number of phenolic OH excluding ortho intramolecular Hbond substituents is 1. The molecule has 1 aromatic rings. The quantitative estimate of drug-likeness (QED) is 0.615. The van der Waals surface area contributed by atoms with Gasteiger partial charge in [0.05, 0.1) is 5.25 Å². The topological polar surface area (TPSA) is 86.6 Å². The fraction of sp³-hybridized carbons (Fsp3) is 0.385. The number of carbonyl (C=O) groups excluding carboxylic acids is 1. The lowest BCUT2D eigenvalue weighted by Crippen LogP contribution is -2.43. The molecule has 0 saturated heterocycles. The number of amides is 1. The number of aromatic hydroxyl groups is 1. The monoisotopic (exact) mass is 283 g/mol.